The molecule has 9 heteroatoms. The molecule has 1 aromatic carbocycles. The van der Waals surface area contributed by atoms with Crippen LogP contribution in [0, 0.1) is 35.0 Å². The lowest BCUT2D eigenvalue weighted by Gasteiger charge is -2.39. The van der Waals surface area contributed by atoms with E-state index in [0.29, 0.717) is 6.42 Å². The van der Waals surface area contributed by atoms with Crippen LogP contribution in [0.1, 0.15) is 78.2 Å². The van der Waals surface area contributed by atoms with Crippen molar-refractivity contribution in [2.75, 3.05) is 26.4 Å². The van der Waals surface area contributed by atoms with Gasteiger partial charge in [0, 0.05) is 19.8 Å². The summed E-state index contributed by atoms with van der Waals surface area (Å²) in [6.45, 7) is 7.42. The summed E-state index contributed by atoms with van der Waals surface area (Å²) < 4.78 is 91.2. The van der Waals surface area contributed by atoms with Gasteiger partial charge < -0.3 is 18.9 Å². The van der Waals surface area contributed by atoms with E-state index in [0.717, 1.165) is 38.5 Å². The Morgan fingerprint density at radius 1 is 0.636 bits per heavy atom. The van der Waals surface area contributed by atoms with Gasteiger partial charge in [-0.3, -0.25) is 0 Å². The highest BCUT2D eigenvalue weighted by atomic mass is 19.2. The van der Waals surface area contributed by atoms with Gasteiger partial charge in [-0.1, -0.05) is 45.4 Å². The topological polar surface area (TPSA) is 36.9 Å². The first-order chi connectivity index (χ1) is 15.8. The van der Waals surface area contributed by atoms with E-state index in [-0.39, 0.29) is 26.4 Å². The van der Waals surface area contributed by atoms with E-state index in [2.05, 4.69) is 6.92 Å². The van der Waals surface area contributed by atoms with Crippen LogP contribution in [0.3, 0.4) is 0 Å². The Balaban J connectivity index is 2.99. The van der Waals surface area contributed by atoms with E-state index in [1.807, 2.05) is 0 Å². The molecule has 4 nitrogen and oxygen atoms in total. The Bertz CT molecular complexity index is 656. The zero-order chi connectivity index (χ0) is 24.9. The average Bonchev–Trinajstić information content (AvgIpc) is 2.80. The summed E-state index contributed by atoms with van der Waals surface area (Å²) in [4.78, 5) is 0. The molecular formula is C24H37F5O4. The smallest absolute Gasteiger partial charge is 0.288 e. The Hall–Kier alpha value is -1.29. The Labute approximate surface area is 193 Å². The van der Waals surface area contributed by atoms with Gasteiger partial charge in [0.15, 0.2) is 23.3 Å². The number of hydrogen-bond acceptors (Lipinski definition) is 4. The van der Waals surface area contributed by atoms with Crippen LogP contribution in [0.4, 0.5) is 22.0 Å². The molecule has 1 atom stereocenters. The molecule has 0 aliphatic heterocycles. The molecule has 0 heterocycles. The van der Waals surface area contributed by atoms with Gasteiger partial charge in [-0.05, 0) is 27.2 Å². The van der Waals surface area contributed by atoms with Gasteiger partial charge in [0.05, 0.1) is 24.7 Å². The normalized spacial score (nSPS) is 13.0. The lowest BCUT2D eigenvalue weighted by Crippen LogP contribution is -2.48. The third kappa shape index (κ3) is 8.46. The van der Waals surface area contributed by atoms with E-state index >= 15 is 0 Å². The quantitative estimate of drug-likeness (QED) is 0.0737. The van der Waals surface area contributed by atoms with Gasteiger partial charge in [0.25, 0.3) is 5.97 Å². The number of halogens is 5. The van der Waals surface area contributed by atoms with Crippen molar-refractivity contribution in [3.8, 4) is 0 Å². The molecule has 0 aromatic heterocycles. The standard InChI is InChI=1S/C24H37F5O4/c1-5-9-10-11-12-13-14-17(24(31-6-2,32-7-3)33-8-4)15-30-16-18-19(25)21(27)23(29)22(28)20(18)26/h17H,5-16H2,1-4H3. The van der Waals surface area contributed by atoms with Crippen LogP contribution in [-0.4, -0.2) is 32.4 Å². The Kier molecular flexibility index (Phi) is 14.0. The van der Waals surface area contributed by atoms with Gasteiger partial charge in [0.2, 0.25) is 5.82 Å². The summed E-state index contributed by atoms with van der Waals surface area (Å²) in [6, 6.07) is 0. The minimum atomic E-state index is -2.20. The average molecular weight is 485 g/mol. The summed E-state index contributed by atoms with van der Waals surface area (Å²) in [5.74, 6) is -11.9. The highest BCUT2D eigenvalue weighted by Gasteiger charge is 2.42. The molecule has 0 aliphatic carbocycles. The lowest BCUT2D eigenvalue weighted by atomic mass is 9.98. The highest BCUT2D eigenvalue weighted by molar-refractivity contribution is 5.23. The maximum Gasteiger partial charge on any atom is 0.288 e. The minimum Gasteiger partial charge on any atom is -0.376 e. The number of benzene rings is 1. The number of unbranched alkanes of at least 4 members (excludes halogenated alkanes) is 5. The molecule has 0 spiro atoms. The van der Waals surface area contributed by atoms with Crippen LogP contribution < -0.4 is 0 Å². The SMILES string of the molecule is CCCCCCCCC(COCc1c(F)c(F)c(F)c(F)c1F)C(OCC)(OCC)OCC. The molecule has 33 heavy (non-hydrogen) atoms. The second-order valence-corrected chi connectivity index (χ2v) is 7.72. The maximum atomic E-state index is 14.0. The van der Waals surface area contributed by atoms with Gasteiger partial charge >= 0.3 is 0 Å². The predicted molar refractivity (Wildman–Crippen MR) is 115 cm³/mol. The van der Waals surface area contributed by atoms with Gasteiger partial charge in [-0.25, -0.2) is 22.0 Å². The largest absolute Gasteiger partial charge is 0.376 e. The van der Waals surface area contributed by atoms with Crippen LogP contribution in [-0.2, 0) is 25.6 Å². The summed E-state index contributed by atoms with van der Waals surface area (Å²) >= 11 is 0. The molecule has 0 aliphatic rings. The fraction of sp³-hybridized carbons (Fsp3) is 0.750. The number of ether oxygens (including phenoxy) is 4. The highest BCUT2D eigenvalue weighted by Crippen LogP contribution is 2.32. The van der Waals surface area contributed by atoms with Crippen molar-refractivity contribution in [1.29, 1.82) is 0 Å². The predicted octanol–water partition coefficient (Wildman–Crippen LogP) is 7.03. The van der Waals surface area contributed by atoms with Crippen LogP contribution in [0.5, 0.6) is 0 Å². The summed E-state index contributed by atoms with van der Waals surface area (Å²) in [6.07, 6.45) is 6.85. The number of rotatable bonds is 18. The van der Waals surface area contributed by atoms with Crippen LogP contribution in [0.15, 0.2) is 0 Å². The molecule has 1 aromatic rings. The third-order valence-electron chi connectivity index (χ3n) is 5.31. The van der Waals surface area contributed by atoms with E-state index in [4.69, 9.17) is 18.9 Å². The lowest BCUT2D eigenvalue weighted by molar-refractivity contribution is -0.406. The molecular weight excluding hydrogens is 447 g/mol. The van der Waals surface area contributed by atoms with Crippen molar-refractivity contribution < 1.29 is 40.9 Å². The first kappa shape index (κ1) is 29.7. The van der Waals surface area contributed by atoms with Gasteiger partial charge in [0.1, 0.15) is 0 Å². The monoisotopic (exact) mass is 484 g/mol. The van der Waals surface area contributed by atoms with Crippen molar-refractivity contribution >= 4 is 0 Å². The van der Waals surface area contributed by atoms with Crippen LogP contribution in [0.2, 0.25) is 0 Å². The molecule has 0 radical (unpaired) electrons. The van der Waals surface area contributed by atoms with Crippen LogP contribution >= 0.6 is 0 Å². The molecule has 192 valence electrons. The van der Waals surface area contributed by atoms with Gasteiger partial charge in [-0.2, -0.15) is 0 Å². The van der Waals surface area contributed by atoms with Crippen molar-refractivity contribution in [1.82, 2.24) is 0 Å². The summed E-state index contributed by atoms with van der Waals surface area (Å²) in [5, 5.41) is 0. The fourth-order valence-corrected chi connectivity index (χ4v) is 3.70. The molecule has 0 fully saturated rings. The molecule has 0 saturated carbocycles. The van der Waals surface area contributed by atoms with E-state index < -0.39 is 53.1 Å². The minimum absolute atomic E-state index is 0.117. The third-order valence-corrected chi connectivity index (χ3v) is 5.31. The zero-order valence-corrected chi connectivity index (χ0v) is 20.1. The van der Waals surface area contributed by atoms with Gasteiger partial charge in [-0.15, -0.1) is 0 Å². The maximum absolute atomic E-state index is 14.0. The van der Waals surface area contributed by atoms with E-state index in [9.17, 15) is 22.0 Å². The molecule has 0 bridgehead atoms. The second kappa shape index (κ2) is 15.6. The Morgan fingerprint density at radius 2 is 1.09 bits per heavy atom. The summed E-state index contributed by atoms with van der Waals surface area (Å²) in [7, 11) is 0. The first-order valence-electron chi connectivity index (χ1n) is 11.8. The van der Waals surface area contributed by atoms with Crippen molar-refractivity contribution in [3.05, 3.63) is 34.6 Å². The summed E-state index contributed by atoms with van der Waals surface area (Å²) in [5.41, 5.74) is -1.01. The first-order valence-corrected chi connectivity index (χ1v) is 11.8. The molecule has 0 N–H and O–H groups in total. The molecule has 1 unspecified atom stereocenters. The fourth-order valence-electron chi connectivity index (χ4n) is 3.70. The molecule has 1 rings (SSSR count). The van der Waals surface area contributed by atoms with Crippen molar-refractivity contribution in [2.24, 2.45) is 5.92 Å². The van der Waals surface area contributed by atoms with E-state index in [1.54, 1.807) is 20.8 Å². The number of hydrogen-bond donors (Lipinski definition) is 0. The Morgan fingerprint density at radius 3 is 1.58 bits per heavy atom. The van der Waals surface area contributed by atoms with E-state index in [1.165, 1.54) is 0 Å². The molecule has 0 saturated heterocycles. The second-order valence-electron chi connectivity index (χ2n) is 7.72. The van der Waals surface area contributed by atoms with Crippen molar-refractivity contribution in [2.45, 2.75) is 85.2 Å². The molecule has 0 amide bonds. The zero-order valence-electron chi connectivity index (χ0n) is 20.1. The van der Waals surface area contributed by atoms with Crippen LogP contribution in [0.25, 0.3) is 0 Å². The van der Waals surface area contributed by atoms with Crippen molar-refractivity contribution in [3.63, 3.8) is 0 Å².